The summed E-state index contributed by atoms with van der Waals surface area (Å²) in [6.07, 6.45) is 58.3. The molecule has 0 aliphatic rings. The third-order valence-electron chi connectivity index (χ3n) is 9.04. The second-order valence-corrected chi connectivity index (χ2v) is 14.2. The van der Waals surface area contributed by atoms with Crippen molar-refractivity contribution in [1.82, 2.24) is 5.32 Å². The van der Waals surface area contributed by atoms with Crippen LogP contribution in [-0.4, -0.2) is 46.9 Å². The molecule has 3 N–H and O–H groups in total. The summed E-state index contributed by atoms with van der Waals surface area (Å²) in [5.41, 5.74) is 0. The minimum Gasteiger partial charge on any atom is -0.462 e. The zero-order valence-corrected chi connectivity index (χ0v) is 35.5. The predicted molar refractivity (Wildman–Crippen MR) is 240 cm³/mol. The molecule has 0 aromatic carbocycles. The molecule has 3 unspecified atom stereocenters. The number of allylic oxidation sites excluding steroid dienone is 20. The summed E-state index contributed by atoms with van der Waals surface area (Å²) in [6.45, 7) is 6.11. The molecule has 0 rings (SSSR count). The van der Waals surface area contributed by atoms with E-state index in [2.05, 4.69) is 50.4 Å². The third-order valence-corrected chi connectivity index (χ3v) is 9.04. The maximum Gasteiger partial charge on any atom is 0.306 e. The van der Waals surface area contributed by atoms with Crippen LogP contribution in [0.15, 0.2) is 122 Å². The van der Waals surface area contributed by atoms with Crippen molar-refractivity contribution in [1.29, 1.82) is 0 Å². The lowest BCUT2D eigenvalue weighted by molar-refractivity contribution is -0.151. The molecule has 0 spiro atoms. The van der Waals surface area contributed by atoms with Crippen molar-refractivity contribution in [3.63, 3.8) is 0 Å². The average molecular weight is 774 g/mol. The fraction of sp³-hybridized carbons (Fsp3) is 0.560. The van der Waals surface area contributed by atoms with E-state index in [-0.39, 0.29) is 24.9 Å². The van der Waals surface area contributed by atoms with Crippen LogP contribution in [0, 0.1) is 0 Å². The van der Waals surface area contributed by atoms with Crippen LogP contribution in [0.1, 0.15) is 156 Å². The molecule has 6 heteroatoms. The van der Waals surface area contributed by atoms with Crippen LogP contribution in [0.5, 0.6) is 0 Å². The number of amides is 1. The third kappa shape index (κ3) is 37.2. The van der Waals surface area contributed by atoms with Gasteiger partial charge in [0.05, 0.1) is 25.2 Å². The van der Waals surface area contributed by atoms with Gasteiger partial charge in [0, 0.05) is 6.42 Å². The van der Waals surface area contributed by atoms with Crippen LogP contribution in [0.2, 0.25) is 0 Å². The first-order chi connectivity index (χ1) is 27.5. The van der Waals surface area contributed by atoms with Gasteiger partial charge in [-0.1, -0.05) is 206 Å². The summed E-state index contributed by atoms with van der Waals surface area (Å²) in [7, 11) is 0. The summed E-state index contributed by atoms with van der Waals surface area (Å²) < 4.78 is 5.84. The molecular formula is C50H79NO5. The van der Waals surface area contributed by atoms with Gasteiger partial charge in [-0.05, 0) is 57.8 Å². The van der Waals surface area contributed by atoms with E-state index in [0.717, 1.165) is 70.6 Å². The Morgan fingerprint density at radius 1 is 0.536 bits per heavy atom. The van der Waals surface area contributed by atoms with E-state index in [1.165, 1.54) is 38.5 Å². The zero-order valence-electron chi connectivity index (χ0n) is 35.5. The highest BCUT2D eigenvalue weighted by molar-refractivity contribution is 5.77. The lowest BCUT2D eigenvalue weighted by Crippen LogP contribution is -2.46. The Labute approximate surface area is 342 Å². The number of aliphatic hydroxyl groups is 2. The highest BCUT2D eigenvalue weighted by atomic mass is 16.5. The van der Waals surface area contributed by atoms with Crippen molar-refractivity contribution in [3.8, 4) is 0 Å². The predicted octanol–water partition coefficient (Wildman–Crippen LogP) is 12.5. The second-order valence-electron chi connectivity index (χ2n) is 14.2. The topological polar surface area (TPSA) is 95.9 Å². The Bertz CT molecular complexity index is 1230. The number of hydrogen-bond acceptors (Lipinski definition) is 5. The van der Waals surface area contributed by atoms with Crippen LogP contribution in [-0.2, 0) is 14.3 Å². The first-order valence-corrected chi connectivity index (χ1v) is 21.9. The van der Waals surface area contributed by atoms with Gasteiger partial charge in [0.25, 0.3) is 0 Å². The molecule has 0 saturated carbocycles. The van der Waals surface area contributed by atoms with Crippen LogP contribution in [0.25, 0.3) is 0 Å². The van der Waals surface area contributed by atoms with Gasteiger partial charge in [0.1, 0.15) is 6.10 Å². The fourth-order valence-electron chi connectivity index (χ4n) is 5.77. The highest BCUT2D eigenvalue weighted by Gasteiger charge is 2.23. The normalized spacial score (nSPS) is 14.6. The molecule has 0 heterocycles. The average Bonchev–Trinajstić information content (AvgIpc) is 3.19. The van der Waals surface area contributed by atoms with Crippen molar-refractivity contribution in [3.05, 3.63) is 122 Å². The number of rotatable bonds is 36. The fourth-order valence-corrected chi connectivity index (χ4v) is 5.77. The largest absolute Gasteiger partial charge is 0.462 e. The zero-order chi connectivity index (χ0) is 41.0. The van der Waals surface area contributed by atoms with Crippen molar-refractivity contribution in [2.45, 2.75) is 174 Å². The standard InChI is InChI=1S/C50H79NO5/c1-4-7-10-13-16-19-21-23-24-26-27-30-32-35-38-41-46(56-50(55)43-40-37-34-31-28-25-22-20-17-14-11-8-5-2)44-49(54)51-47(45-52)48(53)42-39-36-33-29-18-15-12-9-6-3/h7-8,10-11,13-14,16-17,19-28,30,32,46-48,52-53H,4-6,9,12,15,18,29,31,33-45H2,1-3H3,(H,51,54)/b10-7-,11-8+,16-13+,17-14+,21-19+,22-20-,24-23-,27-26+,28-25-,32-30+. The van der Waals surface area contributed by atoms with Crippen molar-refractivity contribution in [2.75, 3.05) is 6.61 Å². The summed E-state index contributed by atoms with van der Waals surface area (Å²) in [5, 5.41) is 23.5. The van der Waals surface area contributed by atoms with E-state index in [9.17, 15) is 19.8 Å². The smallest absolute Gasteiger partial charge is 0.306 e. The maximum absolute atomic E-state index is 13.1. The molecule has 0 radical (unpaired) electrons. The quantitative estimate of drug-likeness (QED) is 0.0335. The molecule has 314 valence electrons. The molecule has 0 aromatic rings. The number of unbranched alkanes of at least 4 members (excludes halogenated alkanes) is 12. The number of esters is 1. The number of aliphatic hydroxyl groups excluding tert-OH is 2. The van der Waals surface area contributed by atoms with Crippen LogP contribution < -0.4 is 5.32 Å². The molecule has 0 aromatic heterocycles. The SMILES string of the molecule is CC\C=C/C=C/C=C/C=C\C=C\C=C\CCCC(CC(=O)NC(CO)C(O)CCCCCCCCCCC)OC(=O)CCCCC\C=C/C=C\C=C\C=C\CC. The van der Waals surface area contributed by atoms with Gasteiger partial charge in [-0.15, -0.1) is 0 Å². The number of nitrogens with one attached hydrogen (secondary N) is 1. The molecule has 0 saturated heterocycles. The minimum absolute atomic E-state index is 0.00138. The summed E-state index contributed by atoms with van der Waals surface area (Å²) in [5.74, 6) is -0.615. The van der Waals surface area contributed by atoms with Crippen molar-refractivity contribution < 1.29 is 24.5 Å². The first-order valence-electron chi connectivity index (χ1n) is 21.9. The monoisotopic (exact) mass is 774 g/mol. The molecule has 6 nitrogen and oxygen atoms in total. The summed E-state index contributed by atoms with van der Waals surface area (Å²) in [6, 6.07) is -0.740. The molecule has 0 aliphatic carbocycles. The van der Waals surface area contributed by atoms with Gasteiger partial charge in [-0.2, -0.15) is 0 Å². The highest BCUT2D eigenvalue weighted by Crippen LogP contribution is 2.15. The molecule has 3 atom stereocenters. The Kier molecular flexibility index (Phi) is 39.6. The number of carbonyl (C=O) groups is 2. The van der Waals surface area contributed by atoms with Crippen LogP contribution >= 0.6 is 0 Å². The van der Waals surface area contributed by atoms with Gasteiger partial charge in [-0.25, -0.2) is 0 Å². The van der Waals surface area contributed by atoms with E-state index < -0.39 is 18.2 Å². The van der Waals surface area contributed by atoms with E-state index in [1.54, 1.807) is 0 Å². The Morgan fingerprint density at radius 3 is 1.48 bits per heavy atom. The maximum atomic E-state index is 13.1. The molecule has 0 aliphatic heterocycles. The van der Waals surface area contributed by atoms with E-state index in [0.29, 0.717) is 19.3 Å². The van der Waals surface area contributed by atoms with E-state index in [1.807, 2.05) is 97.2 Å². The van der Waals surface area contributed by atoms with Gasteiger partial charge in [0.2, 0.25) is 5.91 Å². The van der Waals surface area contributed by atoms with Crippen LogP contribution in [0.3, 0.4) is 0 Å². The lowest BCUT2D eigenvalue weighted by Gasteiger charge is -2.24. The number of carbonyl (C=O) groups excluding carboxylic acids is 2. The molecule has 0 bridgehead atoms. The Hall–Kier alpha value is -3.74. The molecular weight excluding hydrogens is 695 g/mol. The summed E-state index contributed by atoms with van der Waals surface area (Å²) >= 11 is 0. The Balaban J connectivity index is 4.90. The van der Waals surface area contributed by atoms with Crippen molar-refractivity contribution >= 4 is 11.9 Å². The molecule has 56 heavy (non-hydrogen) atoms. The van der Waals surface area contributed by atoms with Crippen LogP contribution in [0.4, 0.5) is 0 Å². The van der Waals surface area contributed by atoms with Crippen molar-refractivity contribution in [2.24, 2.45) is 0 Å². The van der Waals surface area contributed by atoms with E-state index in [4.69, 9.17) is 4.74 Å². The van der Waals surface area contributed by atoms with Gasteiger partial charge < -0.3 is 20.3 Å². The first kappa shape index (κ1) is 52.3. The molecule has 0 fully saturated rings. The summed E-state index contributed by atoms with van der Waals surface area (Å²) in [4.78, 5) is 25.9. The number of ether oxygens (including phenoxy) is 1. The van der Waals surface area contributed by atoms with Gasteiger partial charge >= 0.3 is 5.97 Å². The lowest BCUT2D eigenvalue weighted by atomic mass is 10.0. The second kappa shape index (κ2) is 42.4. The van der Waals surface area contributed by atoms with Gasteiger partial charge in [0.15, 0.2) is 0 Å². The molecule has 1 amide bonds. The number of hydrogen-bond donors (Lipinski definition) is 3. The minimum atomic E-state index is -0.820. The van der Waals surface area contributed by atoms with Gasteiger partial charge in [-0.3, -0.25) is 9.59 Å². The Morgan fingerprint density at radius 2 is 0.982 bits per heavy atom. The van der Waals surface area contributed by atoms with E-state index >= 15 is 0 Å².